The summed E-state index contributed by atoms with van der Waals surface area (Å²) in [4.78, 5) is 0.296. The zero-order valence-corrected chi connectivity index (χ0v) is 13.6. The topological polar surface area (TPSA) is 58.2 Å². The number of rotatable bonds is 8. The molecule has 0 saturated heterocycles. The van der Waals surface area contributed by atoms with Gasteiger partial charge in [-0.05, 0) is 36.2 Å². The van der Waals surface area contributed by atoms with Gasteiger partial charge in [0.25, 0.3) is 0 Å². The first-order valence-corrected chi connectivity index (χ1v) is 8.97. The van der Waals surface area contributed by atoms with Gasteiger partial charge in [0.1, 0.15) is 0 Å². The van der Waals surface area contributed by atoms with Crippen LogP contribution in [0.25, 0.3) is 11.1 Å². The van der Waals surface area contributed by atoms with E-state index in [1.807, 2.05) is 36.4 Å². The van der Waals surface area contributed by atoms with Gasteiger partial charge in [-0.15, -0.1) is 0 Å². The molecule has 0 fully saturated rings. The zero-order valence-electron chi connectivity index (χ0n) is 12.7. The molecule has 0 heterocycles. The maximum absolute atomic E-state index is 12.3. The summed E-state index contributed by atoms with van der Waals surface area (Å²) in [7, 11) is -3.47. The van der Waals surface area contributed by atoms with Gasteiger partial charge in [-0.2, -0.15) is 0 Å². The summed E-state index contributed by atoms with van der Waals surface area (Å²) in [5.41, 5.74) is 1.90. The molecule has 0 bridgehead atoms. The van der Waals surface area contributed by atoms with Crippen LogP contribution in [0.2, 0.25) is 0 Å². The Hall–Kier alpha value is -1.69. The van der Waals surface area contributed by atoms with Crippen LogP contribution < -0.4 is 10.0 Å². The van der Waals surface area contributed by atoms with E-state index in [9.17, 15) is 8.42 Å². The predicted molar refractivity (Wildman–Crippen MR) is 90.2 cm³/mol. The molecule has 0 amide bonds. The monoisotopic (exact) mass is 318 g/mol. The molecule has 5 heteroatoms. The maximum atomic E-state index is 12.3. The molecule has 2 aromatic rings. The fourth-order valence-corrected chi connectivity index (χ4v) is 3.21. The van der Waals surface area contributed by atoms with Gasteiger partial charge in [0.2, 0.25) is 10.0 Å². The second-order valence-electron chi connectivity index (χ2n) is 5.04. The van der Waals surface area contributed by atoms with E-state index in [1.165, 1.54) is 0 Å². The normalized spacial score (nSPS) is 11.5. The molecule has 4 nitrogen and oxygen atoms in total. The van der Waals surface area contributed by atoms with E-state index in [2.05, 4.69) is 17.0 Å². The van der Waals surface area contributed by atoms with Gasteiger partial charge in [-0.25, -0.2) is 13.1 Å². The van der Waals surface area contributed by atoms with Gasteiger partial charge in [0, 0.05) is 13.1 Å². The van der Waals surface area contributed by atoms with E-state index >= 15 is 0 Å². The lowest BCUT2D eigenvalue weighted by Gasteiger charge is -2.09. The van der Waals surface area contributed by atoms with E-state index < -0.39 is 10.0 Å². The molecule has 118 valence electrons. The first-order valence-electron chi connectivity index (χ1n) is 7.49. The largest absolute Gasteiger partial charge is 0.315 e. The van der Waals surface area contributed by atoms with Gasteiger partial charge >= 0.3 is 0 Å². The summed E-state index contributed by atoms with van der Waals surface area (Å²) < 4.78 is 27.2. The number of nitrogens with one attached hydrogen (secondary N) is 2. The molecule has 0 unspecified atom stereocenters. The first-order chi connectivity index (χ1) is 10.6. The van der Waals surface area contributed by atoms with Crippen LogP contribution in [-0.4, -0.2) is 28.1 Å². The van der Waals surface area contributed by atoms with Gasteiger partial charge in [0.15, 0.2) is 0 Å². The molecule has 0 aliphatic rings. The molecule has 0 aliphatic carbocycles. The van der Waals surface area contributed by atoms with Crippen molar-refractivity contribution < 1.29 is 8.42 Å². The van der Waals surface area contributed by atoms with Crippen LogP contribution in [0.5, 0.6) is 0 Å². The Morgan fingerprint density at radius 3 is 2.32 bits per heavy atom. The summed E-state index contributed by atoms with van der Waals surface area (Å²) in [6, 6.07) is 16.8. The molecule has 0 radical (unpaired) electrons. The molecule has 0 aliphatic heterocycles. The van der Waals surface area contributed by atoms with Crippen molar-refractivity contribution >= 4 is 10.0 Å². The molecular weight excluding hydrogens is 296 g/mol. The van der Waals surface area contributed by atoms with Crippen molar-refractivity contribution in [3.8, 4) is 11.1 Å². The summed E-state index contributed by atoms with van der Waals surface area (Å²) >= 11 is 0. The molecule has 0 atom stereocenters. The number of hydrogen-bond acceptors (Lipinski definition) is 3. The SMILES string of the molecule is CCCNCCNS(=O)(=O)c1cccc(-c2ccccc2)c1. The maximum Gasteiger partial charge on any atom is 0.240 e. The number of hydrogen-bond donors (Lipinski definition) is 2. The van der Waals surface area contributed by atoms with E-state index in [0.717, 1.165) is 24.1 Å². The molecule has 2 rings (SSSR count). The van der Waals surface area contributed by atoms with E-state index in [-0.39, 0.29) is 0 Å². The molecule has 0 aromatic heterocycles. The highest BCUT2D eigenvalue weighted by atomic mass is 32.2. The Bertz CT molecular complexity index is 685. The minimum absolute atomic E-state index is 0.296. The third-order valence-corrected chi connectivity index (χ3v) is 4.73. The van der Waals surface area contributed by atoms with Crippen LogP contribution in [0.4, 0.5) is 0 Å². The molecule has 2 aromatic carbocycles. The summed E-state index contributed by atoms with van der Waals surface area (Å²) in [6.07, 6.45) is 1.03. The van der Waals surface area contributed by atoms with Crippen LogP contribution in [0.3, 0.4) is 0 Å². The second kappa shape index (κ2) is 8.08. The van der Waals surface area contributed by atoms with Crippen molar-refractivity contribution in [2.75, 3.05) is 19.6 Å². The predicted octanol–water partition coefficient (Wildman–Crippen LogP) is 2.63. The van der Waals surface area contributed by atoms with Crippen LogP contribution in [0, 0.1) is 0 Å². The Labute approximate surface area is 132 Å². The smallest absolute Gasteiger partial charge is 0.240 e. The van der Waals surface area contributed by atoms with Crippen molar-refractivity contribution in [2.45, 2.75) is 18.2 Å². The fraction of sp³-hybridized carbons (Fsp3) is 0.294. The summed E-state index contributed by atoms with van der Waals surface area (Å²) in [5.74, 6) is 0. The van der Waals surface area contributed by atoms with Crippen LogP contribution in [-0.2, 0) is 10.0 Å². The second-order valence-corrected chi connectivity index (χ2v) is 6.81. The van der Waals surface area contributed by atoms with Crippen molar-refractivity contribution in [3.05, 3.63) is 54.6 Å². The highest BCUT2D eigenvalue weighted by Crippen LogP contribution is 2.21. The molecule has 22 heavy (non-hydrogen) atoms. The zero-order chi connectivity index (χ0) is 15.8. The third kappa shape index (κ3) is 4.66. The highest BCUT2D eigenvalue weighted by Gasteiger charge is 2.13. The summed E-state index contributed by atoms with van der Waals surface area (Å²) in [5, 5.41) is 3.17. The number of sulfonamides is 1. The average Bonchev–Trinajstić information content (AvgIpc) is 2.55. The molecule has 0 spiro atoms. The van der Waals surface area contributed by atoms with E-state index in [4.69, 9.17) is 0 Å². The Morgan fingerprint density at radius 2 is 1.59 bits per heavy atom. The lowest BCUT2D eigenvalue weighted by atomic mass is 10.1. The van der Waals surface area contributed by atoms with Gasteiger partial charge < -0.3 is 5.32 Å². The van der Waals surface area contributed by atoms with Crippen LogP contribution >= 0.6 is 0 Å². The van der Waals surface area contributed by atoms with Gasteiger partial charge in [-0.3, -0.25) is 0 Å². The van der Waals surface area contributed by atoms with Gasteiger partial charge in [0.05, 0.1) is 4.90 Å². The van der Waals surface area contributed by atoms with Gasteiger partial charge in [-0.1, -0.05) is 49.4 Å². The fourth-order valence-electron chi connectivity index (χ4n) is 2.13. The first kappa shape index (κ1) is 16.7. The van der Waals surface area contributed by atoms with Crippen molar-refractivity contribution in [1.82, 2.24) is 10.0 Å². The Balaban J connectivity index is 2.08. The Kier molecular flexibility index (Phi) is 6.12. The van der Waals surface area contributed by atoms with E-state index in [1.54, 1.807) is 18.2 Å². The highest BCUT2D eigenvalue weighted by molar-refractivity contribution is 7.89. The lowest BCUT2D eigenvalue weighted by molar-refractivity contribution is 0.575. The van der Waals surface area contributed by atoms with Crippen molar-refractivity contribution in [2.24, 2.45) is 0 Å². The Morgan fingerprint density at radius 1 is 0.864 bits per heavy atom. The van der Waals surface area contributed by atoms with E-state index in [0.29, 0.717) is 18.0 Å². The number of benzene rings is 2. The van der Waals surface area contributed by atoms with Crippen LogP contribution in [0.15, 0.2) is 59.5 Å². The average molecular weight is 318 g/mol. The molecule has 0 saturated carbocycles. The minimum Gasteiger partial charge on any atom is -0.315 e. The molecular formula is C17H22N2O2S. The molecule has 2 N–H and O–H groups in total. The lowest BCUT2D eigenvalue weighted by Crippen LogP contribution is -2.32. The van der Waals surface area contributed by atoms with Crippen LogP contribution in [0.1, 0.15) is 13.3 Å². The third-order valence-electron chi connectivity index (χ3n) is 3.27. The van der Waals surface area contributed by atoms with Crippen molar-refractivity contribution in [3.63, 3.8) is 0 Å². The standard InChI is InChI=1S/C17H22N2O2S/c1-2-11-18-12-13-19-22(20,21)17-10-6-9-16(14-17)15-7-4-3-5-8-15/h3-10,14,18-19H,2,11-13H2,1H3. The minimum atomic E-state index is -3.47. The quantitative estimate of drug-likeness (QED) is 0.736. The summed E-state index contributed by atoms with van der Waals surface area (Å²) in [6.45, 7) is 3.99. The van der Waals surface area contributed by atoms with Crippen molar-refractivity contribution in [1.29, 1.82) is 0 Å².